The molecule has 0 aromatic heterocycles. The second-order valence-electron chi connectivity index (χ2n) is 6.82. The molecule has 3 nitrogen and oxygen atoms in total. The van der Waals surface area contributed by atoms with Gasteiger partial charge in [0.25, 0.3) is 5.91 Å². The van der Waals surface area contributed by atoms with Crippen molar-refractivity contribution in [2.45, 2.75) is 39.5 Å². The van der Waals surface area contributed by atoms with Crippen molar-refractivity contribution in [3.05, 3.63) is 23.3 Å². The molecule has 1 heterocycles. The Morgan fingerprint density at radius 3 is 2.18 bits per heavy atom. The largest absolute Gasteiger partial charge is 0.497 e. The Kier molecular flexibility index (Phi) is 5.86. The Bertz CT molecular complexity index is 511. The first-order chi connectivity index (χ1) is 10.4. The molecule has 1 aliphatic rings. The lowest BCUT2D eigenvalue weighted by Crippen LogP contribution is -2.21. The van der Waals surface area contributed by atoms with Crippen molar-refractivity contribution < 1.29 is 9.53 Å². The van der Waals surface area contributed by atoms with Gasteiger partial charge in [0.15, 0.2) is 0 Å². The van der Waals surface area contributed by atoms with E-state index in [1.54, 1.807) is 7.11 Å². The molecule has 0 spiro atoms. The average molecular weight is 322 g/mol. The summed E-state index contributed by atoms with van der Waals surface area (Å²) in [6.07, 6.45) is 8.58. The zero-order chi connectivity index (χ0) is 16.2. The number of rotatable bonds is 4. The smallest absolute Gasteiger partial charge is 0.261 e. The Morgan fingerprint density at radius 2 is 1.68 bits per heavy atom. The fraction of sp³-hybridized carbons (Fsp3) is 0.611. The molecule has 1 aromatic rings. The Hall–Kier alpha value is -1.08. The van der Waals surface area contributed by atoms with Gasteiger partial charge in [0.2, 0.25) is 0 Å². The highest BCUT2D eigenvalue weighted by atomic mass is 31.2. The fourth-order valence-corrected chi connectivity index (χ4v) is 6.66. The molecule has 1 fully saturated rings. The van der Waals surface area contributed by atoms with E-state index in [2.05, 4.69) is 12.0 Å². The number of methoxy groups -OCH3 is 1. The van der Waals surface area contributed by atoms with E-state index in [4.69, 9.17) is 4.74 Å². The molecule has 1 aromatic carbocycles. The molecule has 22 heavy (non-hydrogen) atoms. The van der Waals surface area contributed by atoms with Crippen molar-refractivity contribution in [2.24, 2.45) is 0 Å². The summed E-state index contributed by atoms with van der Waals surface area (Å²) in [5.74, 6) is 1.03. The van der Waals surface area contributed by atoms with Gasteiger partial charge >= 0.3 is 0 Å². The molecule has 0 saturated carbocycles. The number of ether oxygens (including phenoxy) is 1. The summed E-state index contributed by atoms with van der Waals surface area (Å²) in [4.78, 5) is 12.5. The standard InChI is InChI=1S/C18H28NO2P/c1-14-11-16(21-3)12-15(2)18(14)19-17(20)13-22(4)9-7-5-6-8-10-22/h11-12H,5-10,13H2,1-4H3/p+1. The van der Waals surface area contributed by atoms with Crippen LogP contribution >= 0.6 is 7.26 Å². The first-order valence-electron chi connectivity index (χ1n) is 8.22. The van der Waals surface area contributed by atoms with Gasteiger partial charge in [-0.15, -0.1) is 0 Å². The van der Waals surface area contributed by atoms with Gasteiger partial charge in [-0.1, -0.05) is 0 Å². The minimum absolute atomic E-state index is 0.189. The van der Waals surface area contributed by atoms with Crippen LogP contribution in [0.15, 0.2) is 12.1 Å². The molecule has 0 radical (unpaired) electrons. The van der Waals surface area contributed by atoms with Crippen LogP contribution in [0.25, 0.3) is 0 Å². The maximum Gasteiger partial charge on any atom is 0.261 e. The quantitative estimate of drug-likeness (QED) is 0.831. The van der Waals surface area contributed by atoms with Gasteiger partial charge in [-0.3, -0.25) is 4.79 Å². The normalized spacial score (nSPS) is 17.6. The molecule has 2 rings (SSSR count). The van der Waals surface area contributed by atoms with Crippen LogP contribution in [-0.2, 0) is 4.79 Å². The molecule has 1 amide bonds. The van der Waals surface area contributed by atoms with Gasteiger partial charge in [-0.05, 0) is 62.8 Å². The van der Waals surface area contributed by atoms with Crippen LogP contribution in [0.5, 0.6) is 5.75 Å². The van der Waals surface area contributed by atoms with Crippen LogP contribution in [0.1, 0.15) is 36.8 Å². The zero-order valence-corrected chi connectivity index (χ0v) is 15.3. The predicted octanol–water partition coefficient (Wildman–Crippen LogP) is 4.47. The number of aryl methyl sites for hydroxylation is 2. The van der Waals surface area contributed by atoms with Crippen molar-refractivity contribution in [1.82, 2.24) is 0 Å². The van der Waals surface area contributed by atoms with Crippen molar-refractivity contribution in [3.63, 3.8) is 0 Å². The number of benzene rings is 1. The SMILES string of the molecule is COc1cc(C)c(NC(=O)C[P+]2(C)CCCCCC2)c(C)c1. The third kappa shape index (κ3) is 4.46. The molecule has 0 aliphatic carbocycles. The van der Waals surface area contributed by atoms with Gasteiger partial charge < -0.3 is 10.1 Å². The number of carbonyl (C=O) groups is 1. The lowest BCUT2D eigenvalue weighted by Gasteiger charge is -2.21. The van der Waals surface area contributed by atoms with E-state index in [0.717, 1.165) is 28.7 Å². The highest BCUT2D eigenvalue weighted by Gasteiger charge is 2.35. The van der Waals surface area contributed by atoms with Crippen LogP contribution in [0.2, 0.25) is 0 Å². The minimum atomic E-state index is -1.08. The Morgan fingerprint density at radius 1 is 1.14 bits per heavy atom. The van der Waals surface area contributed by atoms with E-state index in [1.165, 1.54) is 38.0 Å². The van der Waals surface area contributed by atoms with Gasteiger partial charge in [0, 0.05) is 19.6 Å². The number of hydrogen-bond acceptors (Lipinski definition) is 2. The third-order valence-corrected chi connectivity index (χ3v) is 8.52. The molecular formula is C18H29NO2P+. The molecule has 4 heteroatoms. The van der Waals surface area contributed by atoms with Crippen LogP contribution in [0.3, 0.4) is 0 Å². The predicted molar refractivity (Wildman–Crippen MR) is 97.0 cm³/mol. The monoisotopic (exact) mass is 322 g/mol. The van der Waals surface area contributed by atoms with E-state index in [9.17, 15) is 4.79 Å². The fourth-order valence-electron chi connectivity index (χ4n) is 3.37. The number of anilines is 1. The van der Waals surface area contributed by atoms with Crippen molar-refractivity contribution >= 4 is 18.9 Å². The summed E-state index contributed by atoms with van der Waals surface area (Å²) in [6, 6.07) is 3.95. The first-order valence-corrected chi connectivity index (χ1v) is 11.0. The zero-order valence-electron chi connectivity index (χ0n) is 14.4. The number of carbonyl (C=O) groups excluding carboxylic acids is 1. The maximum atomic E-state index is 12.5. The van der Waals surface area contributed by atoms with Crippen LogP contribution in [0, 0.1) is 13.8 Å². The van der Waals surface area contributed by atoms with E-state index >= 15 is 0 Å². The number of amides is 1. The molecule has 1 N–H and O–H groups in total. The van der Waals surface area contributed by atoms with E-state index in [-0.39, 0.29) is 5.91 Å². The second kappa shape index (κ2) is 7.46. The molecule has 1 saturated heterocycles. The molecule has 0 unspecified atom stereocenters. The number of nitrogens with one attached hydrogen (secondary N) is 1. The summed E-state index contributed by atoms with van der Waals surface area (Å²) >= 11 is 0. The third-order valence-electron chi connectivity index (χ3n) is 4.68. The first kappa shape index (κ1) is 17.3. The van der Waals surface area contributed by atoms with Gasteiger partial charge in [0.1, 0.15) is 11.9 Å². The Balaban J connectivity index is 2.05. The lowest BCUT2D eigenvalue weighted by molar-refractivity contribution is -0.113. The molecule has 122 valence electrons. The molecular weight excluding hydrogens is 293 g/mol. The maximum absolute atomic E-state index is 12.5. The van der Waals surface area contributed by atoms with Crippen molar-refractivity contribution in [1.29, 1.82) is 0 Å². The van der Waals surface area contributed by atoms with E-state index < -0.39 is 7.26 Å². The summed E-state index contributed by atoms with van der Waals surface area (Å²) in [5.41, 5.74) is 3.08. The summed E-state index contributed by atoms with van der Waals surface area (Å²) in [6.45, 7) is 6.42. The van der Waals surface area contributed by atoms with Crippen LogP contribution < -0.4 is 10.1 Å². The summed E-state index contributed by atoms with van der Waals surface area (Å²) in [5, 5.41) is 3.16. The Labute approximate surface area is 135 Å². The van der Waals surface area contributed by atoms with Gasteiger partial charge in [0.05, 0.1) is 19.4 Å². The highest BCUT2D eigenvalue weighted by molar-refractivity contribution is 7.76. The van der Waals surface area contributed by atoms with Gasteiger partial charge in [-0.25, -0.2) is 0 Å². The number of hydrogen-bond donors (Lipinski definition) is 1. The molecule has 0 bridgehead atoms. The minimum Gasteiger partial charge on any atom is -0.497 e. The lowest BCUT2D eigenvalue weighted by atomic mass is 10.1. The molecule has 1 aliphatic heterocycles. The van der Waals surface area contributed by atoms with E-state index in [0.29, 0.717) is 0 Å². The van der Waals surface area contributed by atoms with Crippen LogP contribution in [-0.4, -0.2) is 38.2 Å². The van der Waals surface area contributed by atoms with E-state index in [1.807, 2.05) is 26.0 Å². The summed E-state index contributed by atoms with van der Waals surface area (Å²) < 4.78 is 5.28. The highest BCUT2D eigenvalue weighted by Crippen LogP contribution is 2.57. The van der Waals surface area contributed by atoms with Crippen molar-refractivity contribution in [2.75, 3.05) is 37.6 Å². The van der Waals surface area contributed by atoms with Gasteiger partial charge in [-0.2, -0.15) is 0 Å². The van der Waals surface area contributed by atoms with Crippen molar-refractivity contribution in [3.8, 4) is 5.75 Å². The molecule has 0 atom stereocenters. The van der Waals surface area contributed by atoms with Crippen LogP contribution in [0.4, 0.5) is 5.69 Å². The second-order valence-corrected chi connectivity index (χ2v) is 11.3. The topological polar surface area (TPSA) is 38.3 Å². The summed E-state index contributed by atoms with van der Waals surface area (Å²) in [7, 11) is 0.588. The average Bonchev–Trinajstić information content (AvgIpc) is 2.67.